The predicted octanol–water partition coefficient (Wildman–Crippen LogP) is 3.48. The van der Waals surface area contributed by atoms with Gasteiger partial charge in [0.05, 0.1) is 4.90 Å². The maximum atomic E-state index is 11.6. The van der Waals surface area contributed by atoms with Crippen LogP contribution in [0, 0.1) is 5.92 Å². The Morgan fingerprint density at radius 1 is 1.16 bits per heavy atom. The van der Waals surface area contributed by atoms with Gasteiger partial charge < -0.3 is 15.6 Å². The van der Waals surface area contributed by atoms with E-state index in [0.29, 0.717) is 17.9 Å². The third kappa shape index (κ3) is 5.11. The molecule has 5 N–H and O–H groups in total. The molecule has 3 aromatic rings. The molecule has 9 heteroatoms. The van der Waals surface area contributed by atoms with Crippen LogP contribution in [0.15, 0.2) is 41.6 Å². The molecular formula is C23H32N6O2S. The Morgan fingerprint density at radius 2 is 1.88 bits per heavy atom. The lowest BCUT2D eigenvalue weighted by molar-refractivity contribution is 0.297. The molecule has 0 atom stereocenters. The largest absolute Gasteiger partial charge is 0.354 e. The maximum Gasteiger partial charge on any atom is 0.238 e. The number of hydrogen-bond donors (Lipinski definition) is 3. The summed E-state index contributed by atoms with van der Waals surface area (Å²) in [5.74, 6) is 1.20. The first-order valence-electron chi connectivity index (χ1n) is 11.3. The standard InChI is InChI=1S/C23H32N6O2S/c1-2-3-12-26-23-27-13-20-21(17-6-10-19(11-7-17)32(25,30)31)15-29(22(20)28-23)14-16-4-8-18(24)9-5-16/h6-7,10-11,13,15-16,18H,2-5,8-9,12,14,24H2,1H3,(H2,25,30,31)(H,26,27,28)/t16-,18-. The SMILES string of the molecule is CCCCNc1ncc2c(-c3ccc(S(N)(=O)=O)cc3)cn(C[C@H]3CC[C@H](N)CC3)c2n1. The second-order valence-corrected chi connectivity index (χ2v) is 10.3. The van der Waals surface area contributed by atoms with E-state index in [0.717, 1.165) is 73.8 Å². The summed E-state index contributed by atoms with van der Waals surface area (Å²) in [6, 6.07) is 6.96. The number of anilines is 1. The van der Waals surface area contributed by atoms with Crippen LogP contribution >= 0.6 is 0 Å². The molecule has 0 aliphatic heterocycles. The van der Waals surface area contributed by atoms with Crippen molar-refractivity contribution in [1.29, 1.82) is 0 Å². The summed E-state index contributed by atoms with van der Waals surface area (Å²) in [6.45, 7) is 3.87. The van der Waals surface area contributed by atoms with Crippen LogP contribution in [-0.2, 0) is 16.6 Å². The lowest BCUT2D eigenvalue weighted by Gasteiger charge is -2.26. The molecule has 2 heterocycles. The van der Waals surface area contributed by atoms with E-state index in [1.165, 1.54) is 12.1 Å². The van der Waals surface area contributed by atoms with Gasteiger partial charge in [0.1, 0.15) is 5.65 Å². The molecule has 1 aliphatic carbocycles. The highest BCUT2D eigenvalue weighted by atomic mass is 32.2. The van der Waals surface area contributed by atoms with Gasteiger partial charge in [0.2, 0.25) is 16.0 Å². The minimum Gasteiger partial charge on any atom is -0.354 e. The Morgan fingerprint density at radius 3 is 2.53 bits per heavy atom. The normalized spacial score (nSPS) is 19.3. The lowest BCUT2D eigenvalue weighted by Crippen LogP contribution is -2.28. The number of nitrogens with zero attached hydrogens (tertiary/aromatic N) is 3. The zero-order chi connectivity index (χ0) is 22.7. The molecule has 0 unspecified atom stereocenters. The van der Waals surface area contributed by atoms with Crippen LogP contribution in [0.1, 0.15) is 45.4 Å². The fourth-order valence-corrected chi connectivity index (χ4v) is 4.89. The van der Waals surface area contributed by atoms with Gasteiger partial charge in [-0.2, -0.15) is 4.98 Å². The zero-order valence-electron chi connectivity index (χ0n) is 18.5. The number of sulfonamides is 1. The molecule has 0 spiro atoms. The zero-order valence-corrected chi connectivity index (χ0v) is 19.3. The van der Waals surface area contributed by atoms with Crippen LogP contribution in [0.25, 0.3) is 22.2 Å². The summed E-state index contributed by atoms with van der Waals surface area (Å²) in [7, 11) is -3.73. The number of primary sulfonamides is 1. The van der Waals surface area contributed by atoms with Gasteiger partial charge in [0.25, 0.3) is 0 Å². The monoisotopic (exact) mass is 456 g/mol. The molecule has 4 rings (SSSR count). The van der Waals surface area contributed by atoms with Crippen molar-refractivity contribution >= 4 is 27.0 Å². The number of rotatable bonds is 8. The van der Waals surface area contributed by atoms with Crippen molar-refractivity contribution in [2.45, 2.75) is 62.9 Å². The van der Waals surface area contributed by atoms with Gasteiger partial charge in [-0.1, -0.05) is 25.5 Å². The van der Waals surface area contributed by atoms with Crippen molar-refractivity contribution in [3.63, 3.8) is 0 Å². The second kappa shape index (κ2) is 9.56. The number of fused-ring (bicyclic) bond motifs is 1. The molecule has 8 nitrogen and oxygen atoms in total. The first-order valence-corrected chi connectivity index (χ1v) is 12.9. The maximum absolute atomic E-state index is 11.6. The molecule has 2 aromatic heterocycles. The summed E-state index contributed by atoms with van der Waals surface area (Å²) in [5, 5.41) is 9.51. The van der Waals surface area contributed by atoms with Gasteiger partial charge in [0, 0.05) is 42.5 Å². The first-order chi connectivity index (χ1) is 15.3. The van der Waals surface area contributed by atoms with Crippen molar-refractivity contribution in [2.24, 2.45) is 16.8 Å². The molecule has 1 fully saturated rings. The predicted molar refractivity (Wildman–Crippen MR) is 128 cm³/mol. The van der Waals surface area contributed by atoms with E-state index in [2.05, 4.69) is 28.0 Å². The van der Waals surface area contributed by atoms with E-state index in [1.807, 2.05) is 6.20 Å². The van der Waals surface area contributed by atoms with E-state index >= 15 is 0 Å². The summed E-state index contributed by atoms with van der Waals surface area (Å²) >= 11 is 0. The van der Waals surface area contributed by atoms with Crippen LogP contribution in [0.5, 0.6) is 0 Å². The smallest absolute Gasteiger partial charge is 0.238 e. The van der Waals surface area contributed by atoms with Crippen LogP contribution in [0.2, 0.25) is 0 Å². The fourth-order valence-electron chi connectivity index (χ4n) is 4.37. The van der Waals surface area contributed by atoms with E-state index in [4.69, 9.17) is 15.9 Å². The van der Waals surface area contributed by atoms with E-state index in [9.17, 15) is 8.42 Å². The number of aromatic nitrogens is 3. The molecule has 0 radical (unpaired) electrons. The number of hydrogen-bond acceptors (Lipinski definition) is 6. The molecule has 32 heavy (non-hydrogen) atoms. The Hall–Kier alpha value is -2.49. The Bertz CT molecular complexity index is 1170. The van der Waals surface area contributed by atoms with Crippen LogP contribution < -0.4 is 16.2 Å². The minimum atomic E-state index is -3.73. The Balaban J connectivity index is 1.70. The fraction of sp³-hybridized carbons (Fsp3) is 0.478. The van der Waals surface area contributed by atoms with Gasteiger partial charge in [-0.25, -0.2) is 18.5 Å². The van der Waals surface area contributed by atoms with Crippen molar-refractivity contribution in [3.8, 4) is 11.1 Å². The van der Waals surface area contributed by atoms with E-state index in [1.54, 1.807) is 12.1 Å². The van der Waals surface area contributed by atoms with Gasteiger partial charge in [-0.05, 0) is 55.7 Å². The van der Waals surface area contributed by atoms with Crippen LogP contribution in [0.3, 0.4) is 0 Å². The second-order valence-electron chi connectivity index (χ2n) is 8.76. The average Bonchev–Trinajstić information content (AvgIpc) is 3.13. The highest BCUT2D eigenvalue weighted by Crippen LogP contribution is 2.33. The minimum absolute atomic E-state index is 0.0993. The van der Waals surface area contributed by atoms with Crippen LogP contribution in [-0.4, -0.2) is 35.5 Å². The number of unbranched alkanes of at least 4 members (excludes halogenated alkanes) is 1. The third-order valence-electron chi connectivity index (χ3n) is 6.27. The third-order valence-corrected chi connectivity index (χ3v) is 7.20. The summed E-state index contributed by atoms with van der Waals surface area (Å²) in [6.07, 6.45) is 10.5. The first kappa shape index (κ1) is 22.7. The van der Waals surface area contributed by atoms with Crippen molar-refractivity contribution in [2.75, 3.05) is 11.9 Å². The van der Waals surface area contributed by atoms with E-state index < -0.39 is 10.0 Å². The number of nitrogens with two attached hydrogens (primary N) is 2. The quantitative estimate of drug-likeness (QED) is 0.445. The number of benzene rings is 1. The topological polar surface area (TPSA) is 129 Å². The molecule has 1 aromatic carbocycles. The Labute approximate surface area is 189 Å². The van der Waals surface area contributed by atoms with Crippen molar-refractivity contribution in [3.05, 3.63) is 36.7 Å². The highest BCUT2D eigenvalue weighted by Gasteiger charge is 2.21. The molecular weight excluding hydrogens is 424 g/mol. The van der Waals surface area contributed by atoms with Crippen molar-refractivity contribution in [1.82, 2.24) is 14.5 Å². The van der Waals surface area contributed by atoms with Crippen molar-refractivity contribution < 1.29 is 8.42 Å². The summed E-state index contributed by atoms with van der Waals surface area (Å²) in [5.41, 5.74) is 8.87. The average molecular weight is 457 g/mol. The molecule has 0 amide bonds. The summed E-state index contributed by atoms with van der Waals surface area (Å²) < 4.78 is 25.5. The van der Waals surface area contributed by atoms with Gasteiger partial charge in [-0.3, -0.25) is 0 Å². The lowest BCUT2D eigenvalue weighted by atomic mass is 9.86. The van der Waals surface area contributed by atoms with Gasteiger partial charge >= 0.3 is 0 Å². The summed E-state index contributed by atoms with van der Waals surface area (Å²) in [4.78, 5) is 9.45. The molecule has 0 saturated heterocycles. The van der Waals surface area contributed by atoms with Gasteiger partial charge in [-0.15, -0.1) is 0 Å². The van der Waals surface area contributed by atoms with Gasteiger partial charge in [0.15, 0.2) is 0 Å². The highest BCUT2D eigenvalue weighted by molar-refractivity contribution is 7.89. The molecule has 1 aliphatic rings. The Kier molecular flexibility index (Phi) is 6.78. The van der Waals surface area contributed by atoms with E-state index in [-0.39, 0.29) is 4.90 Å². The molecule has 172 valence electrons. The molecule has 0 bridgehead atoms. The number of nitrogens with one attached hydrogen (secondary N) is 1. The van der Waals surface area contributed by atoms with Crippen LogP contribution in [0.4, 0.5) is 5.95 Å². The molecule has 1 saturated carbocycles.